The van der Waals surface area contributed by atoms with Gasteiger partial charge >= 0.3 is 0 Å². The Bertz CT molecular complexity index is 681. The maximum atomic E-state index is 11.9. The summed E-state index contributed by atoms with van der Waals surface area (Å²) in [7, 11) is 1.77. The van der Waals surface area contributed by atoms with Crippen molar-refractivity contribution < 1.29 is 4.74 Å². The zero-order valence-corrected chi connectivity index (χ0v) is 12.5. The second kappa shape index (κ2) is 5.93. The number of terminal acetylenes is 1. The maximum Gasteiger partial charge on any atom is 0.264 e. The van der Waals surface area contributed by atoms with Crippen molar-refractivity contribution in [1.29, 1.82) is 0 Å². The fourth-order valence-corrected chi connectivity index (χ4v) is 2.28. The predicted octanol–water partition coefficient (Wildman–Crippen LogP) is 2.67. The van der Waals surface area contributed by atoms with Crippen molar-refractivity contribution in [3.05, 3.63) is 50.3 Å². The van der Waals surface area contributed by atoms with Crippen molar-refractivity contribution in [2.45, 2.75) is 0 Å². The molecule has 2 rings (SSSR count). The predicted molar refractivity (Wildman–Crippen MR) is 84.2 cm³/mol. The van der Waals surface area contributed by atoms with Crippen molar-refractivity contribution >= 4 is 22.6 Å². The van der Waals surface area contributed by atoms with Gasteiger partial charge in [-0.2, -0.15) is 0 Å². The summed E-state index contributed by atoms with van der Waals surface area (Å²) in [4.78, 5) is 11.9. The molecule has 0 spiro atoms. The van der Waals surface area contributed by atoms with E-state index in [-0.39, 0.29) is 12.2 Å². The summed E-state index contributed by atoms with van der Waals surface area (Å²) in [5, 5.41) is 0. The third kappa shape index (κ3) is 2.99. The van der Waals surface area contributed by atoms with Crippen LogP contribution < -0.4 is 10.3 Å². The monoisotopic (exact) mass is 365 g/mol. The van der Waals surface area contributed by atoms with Gasteiger partial charge < -0.3 is 9.30 Å². The summed E-state index contributed by atoms with van der Waals surface area (Å²) in [5.74, 6) is 3.14. The van der Waals surface area contributed by atoms with Gasteiger partial charge in [0, 0.05) is 7.05 Å². The van der Waals surface area contributed by atoms with Crippen LogP contribution in [-0.4, -0.2) is 11.2 Å². The molecular weight excluding hydrogens is 353 g/mol. The molecule has 0 fully saturated rings. The number of benzene rings is 1. The number of halogens is 1. The first-order valence-corrected chi connectivity index (χ1v) is 6.73. The molecule has 0 unspecified atom stereocenters. The van der Waals surface area contributed by atoms with Crippen molar-refractivity contribution in [2.24, 2.45) is 7.05 Å². The topological polar surface area (TPSA) is 31.2 Å². The molecular formula is C15H12INO2. The van der Waals surface area contributed by atoms with Crippen LogP contribution in [0.3, 0.4) is 0 Å². The summed E-state index contributed by atoms with van der Waals surface area (Å²) >= 11 is 2.03. The van der Waals surface area contributed by atoms with E-state index in [1.165, 1.54) is 0 Å². The number of aromatic nitrogens is 1. The molecule has 4 heteroatoms. The molecule has 3 nitrogen and oxygen atoms in total. The van der Waals surface area contributed by atoms with Crippen LogP contribution in [0.15, 0.2) is 41.2 Å². The van der Waals surface area contributed by atoms with Gasteiger partial charge in [0.25, 0.3) is 5.56 Å². The minimum Gasteiger partial charge on any atom is -0.481 e. The average Bonchev–Trinajstić information content (AvgIpc) is 2.44. The molecule has 1 aromatic heterocycles. The van der Waals surface area contributed by atoms with Gasteiger partial charge in [-0.3, -0.25) is 4.79 Å². The van der Waals surface area contributed by atoms with E-state index in [9.17, 15) is 4.79 Å². The Labute approximate surface area is 125 Å². The summed E-state index contributed by atoms with van der Waals surface area (Å²) in [6, 6.07) is 11.3. The lowest BCUT2D eigenvalue weighted by Gasteiger charge is -2.09. The molecule has 0 N–H and O–H groups in total. The lowest BCUT2D eigenvalue weighted by atomic mass is 10.1. The van der Waals surface area contributed by atoms with E-state index in [2.05, 4.69) is 5.92 Å². The Morgan fingerprint density at radius 1 is 1.26 bits per heavy atom. The molecule has 0 aliphatic carbocycles. The Morgan fingerprint density at radius 2 is 1.95 bits per heavy atom. The molecule has 19 heavy (non-hydrogen) atoms. The van der Waals surface area contributed by atoms with E-state index in [0.29, 0.717) is 3.57 Å². The lowest BCUT2D eigenvalue weighted by molar-refractivity contribution is 0.370. The lowest BCUT2D eigenvalue weighted by Crippen LogP contribution is -2.20. The molecule has 1 aromatic carbocycles. The SMILES string of the molecule is C#CCOc1ccc(-c2ccc(I)c(=O)n2C)cc1. The second-order valence-electron chi connectivity index (χ2n) is 3.95. The average molecular weight is 365 g/mol. The summed E-state index contributed by atoms with van der Waals surface area (Å²) in [6.45, 7) is 0.251. The zero-order chi connectivity index (χ0) is 13.8. The molecule has 2 aromatic rings. The number of pyridine rings is 1. The molecule has 0 atom stereocenters. The first-order chi connectivity index (χ1) is 9.13. The van der Waals surface area contributed by atoms with Crippen LogP contribution in [0.4, 0.5) is 0 Å². The van der Waals surface area contributed by atoms with E-state index in [1.807, 2.05) is 59.0 Å². The highest BCUT2D eigenvalue weighted by Gasteiger charge is 2.05. The molecule has 0 aliphatic heterocycles. The minimum atomic E-state index is 0.00533. The van der Waals surface area contributed by atoms with Gasteiger partial charge in [-0.05, 0) is 64.6 Å². The van der Waals surface area contributed by atoms with Gasteiger partial charge in [0.2, 0.25) is 0 Å². The zero-order valence-electron chi connectivity index (χ0n) is 10.4. The van der Waals surface area contributed by atoms with E-state index in [4.69, 9.17) is 11.2 Å². The molecule has 1 heterocycles. The van der Waals surface area contributed by atoms with Gasteiger partial charge in [-0.15, -0.1) is 6.42 Å². The highest BCUT2D eigenvalue weighted by Crippen LogP contribution is 2.21. The van der Waals surface area contributed by atoms with E-state index in [1.54, 1.807) is 11.6 Å². The quantitative estimate of drug-likeness (QED) is 0.619. The van der Waals surface area contributed by atoms with Gasteiger partial charge in [0.05, 0.1) is 9.26 Å². The summed E-state index contributed by atoms with van der Waals surface area (Å²) < 4.78 is 7.66. The van der Waals surface area contributed by atoms with Crippen molar-refractivity contribution in [3.8, 4) is 29.4 Å². The van der Waals surface area contributed by atoms with Crippen LogP contribution in [0, 0.1) is 15.9 Å². The number of hydrogen-bond acceptors (Lipinski definition) is 2. The fourth-order valence-electron chi connectivity index (χ4n) is 1.74. The third-order valence-electron chi connectivity index (χ3n) is 2.73. The Balaban J connectivity index is 2.36. The molecule has 0 saturated heterocycles. The first-order valence-electron chi connectivity index (χ1n) is 5.65. The van der Waals surface area contributed by atoms with Crippen LogP contribution in [0.25, 0.3) is 11.3 Å². The molecule has 0 radical (unpaired) electrons. The molecule has 0 amide bonds. The normalized spacial score (nSPS) is 9.95. The Morgan fingerprint density at radius 3 is 2.58 bits per heavy atom. The highest BCUT2D eigenvalue weighted by atomic mass is 127. The fraction of sp³-hybridized carbons (Fsp3) is 0.133. The van der Waals surface area contributed by atoms with Gasteiger partial charge in [0.1, 0.15) is 12.4 Å². The number of nitrogens with zero attached hydrogens (tertiary/aromatic N) is 1. The van der Waals surface area contributed by atoms with Crippen molar-refractivity contribution in [1.82, 2.24) is 4.57 Å². The standard InChI is InChI=1S/C15H12INO2/c1-3-10-19-12-6-4-11(5-7-12)14-9-8-13(16)15(18)17(14)2/h1,4-9H,10H2,2H3. The van der Waals surface area contributed by atoms with Gasteiger partial charge in [-0.1, -0.05) is 5.92 Å². The van der Waals surface area contributed by atoms with E-state index < -0.39 is 0 Å². The van der Waals surface area contributed by atoms with Gasteiger partial charge in [-0.25, -0.2) is 0 Å². The van der Waals surface area contributed by atoms with E-state index >= 15 is 0 Å². The Kier molecular flexibility index (Phi) is 4.27. The molecule has 0 saturated carbocycles. The van der Waals surface area contributed by atoms with Gasteiger partial charge in [0.15, 0.2) is 0 Å². The van der Waals surface area contributed by atoms with Crippen LogP contribution >= 0.6 is 22.6 Å². The van der Waals surface area contributed by atoms with Crippen LogP contribution in [0.1, 0.15) is 0 Å². The smallest absolute Gasteiger partial charge is 0.264 e. The number of rotatable bonds is 3. The third-order valence-corrected chi connectivity index (χ3v) is 3.55. The molecule has 0 aliphatic rings. The Hall–Kier alpha value is -1.74. The van der Waals surface area contributed by atoms with Crippen LogP contribution in [0.2, 0.25) is 0 Å². The largest absolute Gasteiger partial charge is 0.481 e. The maximum absolute atomic E-state index is 11.9. The second-order valence-corrected chi connectivity index (χ2v) is 5.11. The molecule has 0 bridgehead atoms. The first kappa shape index (κ1) is 13.7. The highest BCUT2D eigenvalue weighted by molar-refractivity contribution is 14.1. The van der Waals surface area contributed by atoms with Crippen LogP contribution in [-0.2, 0) is 7.05 Å². The minimum absolute atomic E-state index is 0.00533. The van der Waals surface area contributed by atoms with E-state index in [0.717, 1.165) is 17.0 Å². The number of hydrogen-bond donors (Lipinski definition) is 0. The van der Waals surface area contributed by atoms with Crippen LogP contribution in [0.5, 0.6) is 5.75 Å². The summed E-state index contributed by atoms with van der Waals surface area (Å²) in [5.41, 5.74) is 1.84. The summed E-state index contributed by atoms with van der Waals surface area (Å²) in [6.07, 6.45) is 5.13. The molecule has 96 valence electrons. The van der Waals surface area contributed by atoms with Crippen molar-refractivity contribution in [2.75, 3.05) is 6.61 Å². The number of ether oxygens (including phenoxy) is 1. The van der Waals surface area contributed by atoms with Crippen molar-refractivity contribution in [3.63, 3.8) is 0 Å².